The van der Waals surface area contributed by atoms with E-state index >= 15 is 0 Å². The smallest absolute Gasteiger partial charge is 0.359 e. The van der Waals surface area contributed by atoms with Crippen LogP contribution in [0.25, 0.3) is 0 Å². The summed E-state index contributed by atoms with van der Waals surface area (Å²) in [5.74, 6) is -0.355. The molecule has 1 aromatic carbocycles. The summed E-state index contributed by atoms with van der Waals surface area (Å²) in [6, 6.07) is 5.90. The first-order chi connectivity index (χ1) is 7.66. The Hall–Kier alpha value is -2.15. The Bertz CT molecular complexity index is 526. The largest absolute Gasteiger partial charge is 0.508 e. The van der Waals surface area contributed by atoms with Gasteiger partial charge >= 0.3 is 5.97 Å². The first-order valence-corrected chi connectivity index (χ1v) is 5.03. The number of carbonyl (C=O) groups is 1. The minimum absolute atomic E-state index is 0.0145. The molecule has 1 aromatic heterocycles. The van der Waals surface area contributed by atoms with Crippen LogP contribution >= 0.6 is 11.5 Å². The van der Waals surface area contributed by atoms with Gasteiger partial charge in [-0.15, -0.1) is 5.10 Å². The second-order valence-corrected chi connectivity index (χ2v) is 3.63. The number of nitrogens with two attached hydrogens (primary N) is 1. The van der Waals surface area contributed by atoms with Crippen molar-refractivity contribution in [3.05, 3.63) is 29.1 Å². The van der Waals surface area contributed by atoms with Gasteiger partial charge in [-0.25, -0.2) is 4.79 Å². The number of esters is 1. The van der Waals surface area contributed by atoms with E-state index < -0.39 is 5.97 Å². The molecule has 0 saturated carbocycles. The highest BCUT2D eigenvalue weighted by Crippen LogP contribution is 2.20. The molecule has 0 bridgehead atoms. The Morgan fingerprint density at radius 2 is 2.31 bits per heavy atom. The van der Waals surface area contributed by atoms with Crippen LogP contribution < -0.4 is 10.5 Å². The maximum Gasteiger partial charge on any atom is 0.359 e. The molecule has 6 nitrogen and oxygen atoms in total. The third-order valence-corrected chi connectivity index (χ3v) is 2.45. The van der Waals surface area contributed by atoms with E-state index in [1.54, 1.807) is 12.1 Å². The van der Waals surface area contributed by atoms with Gasteiger partial charge in [-0.05, 0) is 23.7 Å². The fourth-order valence-electron chi connectivity index (χ4n) is 1.04. The number of hydrogen-bond acceptors (Lipinski definition) is 7. The summed E-state index contributed by atoms with van der Waals surface area (Å²) >= 11 is 0.858. The fourth-order valence-corrected chi connectivity index (χ4v) is 1.50. The maximum absolute atomic E-state index is 11.6. The van der Waals surface area contributed by atoms with Gasteiger partial charge in [0, 0.05) is 6.07 Å². The molecule has 2 rings (SSSR count). The zero-order valence-corrected chi connectivity index (χ0v) is 8.77. The van der Waals surface area contributed by atoms with Crippen LogP contribution in [0.3, 0.4) is 0 Å². The number of phenolic OH excluding ortho intramolecular Hbond substituents is 1. The number of benzene rings is 1. The van der Waals surface area contributed by atoms with E-state index in [1.165, 1.54) is 12.1 Å². The van der Waals surface area contributed by atoms with Crippen molar-refractivity contribution in [2.24, 2.45) is 0 Å². The Morgan fingerprint density at radius 1 is 1.50 bits per heavy atom. The molecule has 0 aliphatic heterocycles. The number of nitrogens with zero attached hydrogens (tertiary/aromatic N) is 2. The van der Waals surface area contributed by atoms with Crippen LogP contribution in [0.5, 0.6) is 11.5 Å². The monoisotopic (exact) mass is 237 g/mol. The normalized spacial score (nSPS) is 10.0. The molecule has 0 saturated heterocycles. The third kappa shape index (κ3) is 2.09. The number of anilines is 1. The van der Waals surface area contributed by atoms with Crippen LogP contribution in [-0.4, -0.2) is 20.7 Å². The number of phenols is 1. The summed E-state index contributed by atoms with van der Waals surface area (Å²) in [6.45, 7) is 0. The SMILES string of the molecule is Nc1nnsc1C(=O)Oc1cccc(O)c1. The molecule has 82 valence electrons. The molecular weight excluding hydrogens is 230 g/mol. The minimum Gasteiger partial charge on any atom is -0.508 e. The van der Waals surface area contributed by atoms with Crippen molar-refractivity contribution >= 4 is 23.3 Å². The Balaban J connectivity index is 2.17. The van der Waals surface area contributed by atoms with Gasteiger partial charge in [0.1, 0.15) is 11.5 Å². The van der Waals surface area contributed by atoms with Crippen LogP contribution in [0.2, 0.25) is 0 Å². The summed E-state index contributed by atoms with van der Waals surface area (Å²) in [4.78, 5) is 11.7. The Kier molecular flexibility index (Phi) is 2.69. The van der Waals surface area contributed by atoms with Gasteiger partial charge in [-0.3, -0.25) is 0 Å². The van der Waals surface area contributed by atoms with Gasteiger partial charge in [-0.1, -0.05) is 10.6 Å². The van der Waals surface area contributed by atoms with Crippen LogP contribution in [0.15, 0.2) is 24.3 Å². The fraction of sp³-hybridized carbons (Fsp3) is 0. The lowest BCUT2D eigenvalue weighted by molar-refractivity contribution is 0.0740. The molecule has 0 fully saturated rings. The first kappa shape index (κ1) is 10.4. The van der Waals surface area contributed by atoms with Crippen molar-refractivity contribution in [1.29, 1.82) is 0 Å². The summed E-state index contributed by atoms with van der Waals surface area (Å²) < 4.78 is 8.49. The number of nitrogen functional groups attached to an aromatic ring is 1. The van der Waals surface area contributed by atoms with Gasteiger partial charge in [0.15, 0.2) is 10.7 Å². The van der Waals surface area contributed by atoms with Gasteiger partial charge in [0.05, 0.1) is 0 Å². The lowest BCUT2D eigenvalue weighted by Crippen LogP contribution is -2.08. The topological polar surface area (TPSA) is 98.3 Å². The number of hydrogen-bond donors (Lipinski definition) is 2. The standard InChI is InChI=1S/C9H7N3O3S/c10-8-7(16-12-11-8)9(14)15-6-3-1-2-5(13)4-6/h1-4,13H,10H2. The molecule has 0 unspecified atom stereocenters. The van der Waals surface area contributed by atoms with Crippen LogP contribution in [0.4, 0.5) is 5.82 Å². The molecule has 0 atom stereocenters. The highest BCUT2D eigenvalue weighted by atomic mass is 32.1. The van der Waals surface area contributed by atoms with Crippen molar-refractivity contribution in [2.75, 3.05) is 5.73 Å². The van der Waals surface area contributed by atoms with E-state index in [4.69, 9.17) is 10.5 Å². The zero-order valence-electron chi connectivity index (χ0n) is 7.95. The predicted molar refractivity (Wildman–Crippen MR) is 57.4 cm³/mol. The van der Waals surface area contributed by atoms with E-state index in [1.807, 2.05) is 0 Å². The van der Waals surface area contributed by atoms with E-state index in [9.17, 15) is 9.90 Å². The van der Waals surface area contributed by atoms with Crippen molar-refractivity contribution in [3.8, 4) is 11.5 Å². The van der Waals surface area contributed by atoms with Gasteiger partial charge < -0.3 is 15.6 Å². The molecule has 0 aliphatic rings. The van der Waals surface area contributed by atoms with Gasteiger partial charge in [-0.2, -0.15) is 0 Å². The highest BCUT2D eigenvalue weighted by Gasteiger charge is 2.16. The minimum atomic E-state index is -0.641. The molecular formula is C9H7N3O3S. The lowest BCUT2D eigenvalue weighted by Gasteiger charge is -2.02. The summed E-state index contributed by atoms with van der Waals surface area (Å²) in [5, 5.41) is 12.7. The molecule has 2 aromatic rings. The number of ether oxygens (including phenoxy) is 1. The number of rotatable bonds is 2. The van der Waals surface area contributed by atoms with Gasteiger partial charge in [0.25, 0.3) is 0 Å². The second-order valence-electron chi connectivity index (χ2n) is 2.87. The summed E-state index contributed by atoms with van der Waals surface area (Å²) in [5.41, 5.74) is 5.41. The van der Waals surface area contributed by atoms with Crippen molar-refractivity contribution in [1.82, 2.24) is 9.59 Å². The van der Waals surface area contributed by atoms with Crippen molar-refractivity contribution in [3.63, 3.8) is 0 Å². The highest BCUT2D eigenvalue weighted by molar-refractivity contribution is 7.08. The van der Waals surface area contributed by atoms with Gasteiger partial charge in [0.2, 0.25) is 0 Å². The third-order valence-electron chi connectivity index (χ3n) is 1.73. The number of carbonyl (C=O) groups excluding carboxylic acids is 1. The summed E-state index contributed by atoms with van der Waals surface area (Å²) in [6.07, 6.45) is 0. The van der Waals surface area contributed by atoms with Crippen molar-refractivity contribution < 1.29 is 14.6 Å². The molecule has 1 heterocycles. The predicted octanol–water partition coefficient (Wildman–Crippen LogP) is 1.05. The second kappa shape index (κ2) is 4.15. The van der Waals surface area contributed by atoms with Crippen LogP contribution in [0.1, 0.15) is 9.67 Å². The van der Waals surface area contributed by atoms with Crippen LogP contribution in [-0.2, 0) is 0 Å². The molecule has 7 heteroatoms. The number of aromatic nitrogens is 2. The first-order valence-electron chi connectivity index (χ1n) is 4.26. The Morgan fingerprint density at radius 3 is 2.94 bits per heavy atom. The van der Waals surface area contributed by atoms with Crippen LogP contribution in [0, 0.1) is 0 Å². The van der Waals surface area contributed by atoms with E-state index in [-0.39, 0.29) is 22.2 Å². The summed E-state index contributed by atoms with van der Waals surface area (Å²) in [7, 11) is 0. The van der Waals surface area contributed by atoms with Crippen molar-refractivity contribution in [2.45, 2.75) is 0 Å². The molecule has 0 radical (unpaired) electrons. The molecule has 0 aliphatic carbocycles. The number of aromatic hydroxyl groups is 1. The molecule has 0 spiro atoms. The van der Waals surface area contributed by atoms with E-state index in [2.05, 4.69) is 9.59 Å². The molecule has 0 amide bonds. The van der Waals surface area contributed by atoms with E-state index in [0.29, 0.717) is 0 Å². The average molecular weight is 237 g/mol. The maximum atomic E-state index is 11.6. The van der Waals surface area contributed by atoms with E-state index in [0.717, 1.165) is 11.5 Å². The Labute approximate surface area is 94.5 Å². The average Bonchev–Trinajstić information content (AvgIpc) is 2.64. The zero-order chi connectivity index (χ0) is 11.5. The molecule has 3 N–H and O–H groups in total. The quantitative estimate of drug-likeness (QED) is 0.598. The lowest BCUT2D eigenvalue weighted by atomic mass is 10.3. The molecule has 16 heavy (non-hydrogen) atoms.